The van der Waals surface area contributed by atoms with E-state index in [0.717, 1.165) is 23.9 Å². The van der Waals surface area contributed by atoms with Crippen LogP contribution in [0.2, 0.25) is 0 Å². The highest BCUT2D eigenvalue weighted by Gasteiger charge is 2.23. The summed E-state index contributed by atoms with van der Waals surface area (Å²) in [6.07, 6.45) is 4.60. The van der Waals surface area contributed by atoms with Crippen molar-refractivity contribution in [3.05, 3.63) is 10.6 Å². The Hall–Kier alpha value is -0.650. The van der Waals surface area contributed by atoms with E-state index in [1.807, 2.05) is 13.8 Å². The van der Waals surface area contributed by atoms with Gasteiger partial charge in [0.1, 0.15) is 0 Å². The Labute approximate surface area is 131 Å². The second-order valence-corrected chi connectivity index (χ2v) is 6.63. The molecule has 3 N–H and O–H groups in total. The summed E-state index contributed by atoms with van der Waals surface area (Å²) >= 11 is 1.63. The number of fused-ring (bicyclic) bond motifs is 1. The normalized spacial score (nSPS) is 20.5. The average Bonchev–Trinajstić information content (AvgIpc) is 2.78. The van der Waals surface area contributed by atoms with E-state index in [0.29, 0.717) is 0 Å². The molecule has 2 rings (SSSR count). The molecule has 1 aromatic rings. The summed E-state index contributed by atoms with van der Waals surface area (Å²) in [5, 5.41) is 3.64. The maximum Gasteiger partial charge on any atom is 0.230 e. The Bertz CT molecular complexity index is 461. The number of nitrogens with one attached hydrogen (secondary N) is 1. The maximum atomic E-state index is 12.0. The molecule has 20 heavy (non-hydrogen) atoms. The standard InChI is InChI=1S/C14H23N3OS.ClH/c1-4-10-5-6-11-12(7-10)19-14(16-11)17-13(18)8(2)9(3)15;/h8-10H,4-7,15H2,1-3H3,(H,16,17,18);1H. The van der Waals surface area contributed by atoms with Crippen LogP contribution < -0.4 is 11.1 Å². The van der Waals surface area contributed by atoms with Crippen molar-refractivity contribution in [3.8, 4) is 0 Å². The molecule has 0 saturated carbocycles. The molecular weight excluding hydrogens is 294 g/mol. The zero-order chi connectivity index (χ0) is 14.0. The minimum Gasteiger partial charge on any atom is -0.327 e. The first-order valence-electron chi connectivity index (χ1n) is 7.06. The molecule has 1 aliphatic rings. The lowest BCUT2D eigenvalue weighted by molar-refractivity contribution is -0.119. The van der Waals surface area contributed by atoms with Gasteiger partial charge in [-0.3, -0.25) is 4.79 Å². The summed E-state index contributed by atoms with van der Waals surface area (Å²) in [7, 11) is 0. The second kappa shape index (κ2) is 7.38. The van der Waals surface area contributed by atoms with Crippen molar-refractivity contribution in [2.24, 2.45) is 17.6 Å². The van der Waals surface area contributed by atoms with Gasteiger partial charge in [0.05, 0.1) is 11.6 Å². The molecule has 0 aliphatic heterocycles. The fourth-order valence-corrected chi connectivity index (χ4v) is 3.43. The molecule has 0 radical (unpaired) electrons. The molecule has 4 nitrogen and oxygen atoms in total. The Morgan fingerprint density at radius 1 is 1.55 bits per heavy atom. The van der Waals surface area contributed by atoms with Crippen LogP contribution in [0, 0.1) is 11.8 Å². The van der Waals surface area contributed by atoms with Crippen molar-refractivity contribution in [2.75, 3.05) is 5.32 Å². The van der Waals surface area contributed by atoms with Crippen molar-refractivity contribution in [1.29, 1.82) is 0 Å². The number of aryl methyl sites for hydroxylation is 1. The van der Waals surface area contributed by atoms with Crippen LogP contribution in [0.5, 0.6) is 0 Å². The summed E-state index contributed by atoms with van der Waals surface area (Å²) in [5.74, 6) is 0.553. The van der Waals surface area contributed by atoms with Crippen molar-refractivity contribution < 1.29 is 4.79 Å². The van der Waals surface area contributed by atoms with Gasteiger partial charge in [-0.05, 0) is 32.1 Å². The third kappa shape index (κ3) is 3.93. The van der Waals surface area contributed by atoms with Gasteiger partial charge in [-0.2, -0.15) is 0 Å². The van der Waals surface area contributed by atoms with E-state index >= 15 is 0 Å². The monoisotopic (exact) mass is 317 g/mol. The number of nitrogens with zero attached hydrogens (tertiary/aromatic N) is 1. The Morgan fingerprint density at radius 2 is 2.25 bits per heavy atom. The van der Waals surface area contributed by atoms with E-state index in [-0.39, 0.29) is 30.3 Å². The minimum absolute atomic E-state index is 0. The van der Waals surface area contributed by atoms with Crippen LogP contribution in [0.25, 0.3) is 0 Å². The number of halogens is 1. The molecule has 1 aromatic heterocycles. The predicted octanol–water partition coefficient (Wildman–Crippen LogP) is 3.00. The summed E-state index contributed by atoms with van der Waals surface area (Å²) in [5.41, 5.74) is 6.93. The molecule has 0 fully saturated rings. The van der Waals surface area contributed by atoms with Gasteiger partial charge in [0.15, 0.2) is 5.13 Å². The second-order valence-electron chi connectivity index (χ2n) is 5.54. The van der Waals surface area contributed by atoms with Crippen LogP contribution >= 0.6 is 23.7 Å². The number of hydrogen-bond donors (Lipinski definition) is 2. The maximum absolute atomic E-state index is 12.0. The molecule has 114 valence electrons. The largest absolute Gasteiger partial charge is 0.327 e. The van der Waals surface area contributed by atoms with Gasteiger partial charge in [0.25, 0.3) is 0 Å². The van der Waals surface area contributed by atoms with Crippen molar-refractivity contribution >= 4 is 34.8 Å². The highest BCUT2D eigenvalue weighted by atomic mass is 35.5. The molecule has 3 atom stereocenters. The molecule has 6 heteroatoms. The number of carbonyl (C=O) groups is 1. The van der Waals surface area contributed by atoms with Crippen LogP contribution in [0.3, 0.4) is 0 Å². The Kier molecular flexibility index (Phi) is 6.43. The van der Waals surface area contributed by atoms with Crippen molar-refractivity contribution in [1.82, 2.24) is 4.98 Å². The number of anilines is 1. The van der Waals surface area contributed by atoms with Gasteiger partial charge in [0, 0.05) is 10.9 Å². The Morgan fingerprint density at radius 3 is 2.85 bits per heavy atom. The summed E-state index contributed by atoms with van der Waals surface area (Å²) < 4.78 is 0. The zero-order valence-electron chi connectivity index (χ0n) is 12.3. The number of nitrogens with two attached hydrogens (primary N) is 1. The van der Waals surface area contributed by atoms with Crippen LogP contribution in [-0.2, 0) is 17.6 Å². The van der Waals surface area contributed by atoms with Gasteiger partial charge in [-0.15, -0.1) is 23.7 Å². The molecular formula is C14H24ClN3OS. The number of rotatable bonds is 4. The van der Waals surface area contributed by atoms with Gasteiger partial charge in [0.2, 0.25) is 5.91 Å². The van der Waals surface area contributed by atoms with E-state index in [1.54, 1.807) is 11.3 Å². The first-order valence-corrected chi connectivity index (χ1v) is 7.88. The number of carbonyl (C=O) groups excluding carboxylic acids is 1. The van der Waals surface area contributed by atoms with E-state index in [4.69, 9.17) is 5.73 Å². The van der Waals surface area contributed by atoms with E-state index < -0.39 is 0 Å². The predicted molar refractivity (Wildman–Crippen MR) is 86.6 cm³/mol. The topological polar surface area (TPSA) is 68.0 Å². The first kappa shape index (κ1) is 17.4. The molecule has 3 unspecified atom stereocenters. The van der Waals surface area contributed by atoms with Gasteiger partial charge in [-0.1, -0.05) is 20.3 Å². The molecule has 0 spiro atoms. The SMILES string of the molecule is CCC1CCc2nc(NC(=O)C(C)C(C)N)sc2C1.Cl. The summed E-state index contributed by atoms with van der Waals surface area (Å²) in [6.45, 7) is 5.94. The highest BCUT2D eigenvalue weighted by Crippen LogP contribution is 2.33. The molecule has 0 bridgehead atoms. The van der Waals surface area contributed by atoms with Gasteiger partial charge < -0.3 is 11.1 Å². The highest BCUT2D eigenvalue weighted by molar-refractivity contribution is 7.15. The van der Waals surface area contributed by atoms with Crippen LogP contribution in [0.1, 0.15) is 44.2 Å². The Balaban J connectivity index is 0.00000200. The number of hydrogen-bond acceptors (Lipinski definition) is 4. The lowest BCUT2D eigenvalue weighted by Crippen LogP contribution is -2.34. The number of aromatic nitrogens is 1. The molecule has 1 amide bonds. The fraction of sp³-hybridized carbons (Fsp3) is 0.714. The lowest BCUT2D eigenvalue weighted by Gasteiger charge is -2.18. The van der Waals surface area contributed by atoms with Crippen molar-refractivity contribution in [2.45, 2.75) is 52.5 Å². The third-order valence-corrected chi connectivity index (χ3v) is 5.09. The smallest absolute Gasteiger partial charge is 0.230 e. The number of thiazole rings is 1. The van der Waals surface area contributed by atoms with Crippen LogP contribution in [0.15, 0.2) is 0 Å². The minimum atomic E-state index is -0.190. The first-order chi connectivity index (χ1) is 9.01. The van der Waals surface area contributed by atoms with Gasteiger partial charge >= 0.3 is 0 Å². The quantitative estimate of drug-likeness (QED) is 0.897. The van der Waals surface area contributed by atoms with E-state index in [2.05, 4.69) is 17.2 Å². The lowest BCUT2D eigenvalue weighted by atomic mass is 9.89. The van der Waals surface area contributed by atoms with Crippen LogP contribution in [-0.4, -0.2) is 16.9 Å². The molecule has 0 saturated heterocycles. The van der Waals surface area contributed by atoms with E-state index in [9.17, 15) is 4.79 Å². The molecule has 1 heterocycles. The zero-order valence-corrected chi connectivity index (χ0v) is 13.9. The molecule has 1 aliphatic carbocycles. The number of amides is 1. The van der Waals surface area contributed by atoms with Gasteiger partial charge in [-0.25, -0.2) is 4.98 Å². The fourth-order valence-electron chi connectivity index (χ4n) is 2.30. The van der Waals surface area contributed by atoms with Crippen molar-refractivity contribution in [3.63, 3.8) is 0 Å². The summed E-state index contributed by atoms with van der Waals surface area (Å²) in [4.78, 5) is 17.9. The summed E-state index contributed by atoms with van der Waals surface area (Å²) in [6, 6.07) is -0.140. The van der Waals surface area contributed by atoms with Crippen LogP contribution in [0.4, 0.5) is 5.13 Å². The average molecular weight is 318 g/mol. The van der Waals surface area contributed by atoms with E-state index in [1.165, 1.54) is 23.4 Å². The molecule has 0 aromatic carbocycles. The third-order valence-electron chi connectivity index (χ3n) is 4.05.